The molecular formula is C24H28N2O5S. The summed E-state index contributed by atoms with van der Waals surface area (Å²) in [5.74, 6) is 1.21. The van der Waals surface area contributed by atoms with Gasteiger partial charge in [-0.05, 0) is 67.1 Å². The van der Waals surface area contributed by atoms with Crippen molar-refractivity contribution in [3.8, 4) is 11.5 Å². The molecule has 2 aliphatic rings. The van der Waals surface area contributed by atoms with Crippen LogP contribution in [0.2, 0.25) is 0 Å². The maximum absolute atomic E-state index is 12.6. The van der Waals surface area contributed by atoms with Crippen molar-refractivity contribution in [2.24, 2.45) is 0 Å². The molecule has 32 heavy (non-hydrogen) atoms. The molecule has 7 nitrogen and oxygen atoms in total. The van der Waals surface area contributed by atoms with Gasteiger partial charge in [-0.25, -0.2) is 13.2 Å². The van der Waals surface area contributed by atoms with Gasteiger partial charge >= 0.3 is 6.03 Å². The van der Waals surface area contributed by atoms with Gasteiger partial charge in [0, 0.05) is 24.9 Å². The Morgan fingerprint density at radius 1 is 1.06 bits per heavy atom. The first-order valence-electron chi connectivity index (χ1n) is 10.6. The minimum absolute atomic E-state index is 0.0983. The van der Waals surface area contributed by atoms with Crippen LogP contribution in [0.1, 0.15) is 36.5 Å². The van der Waals surface area contributed by atoms with Crippen molar-refractivity contribution < 1.29 is 22.7 Å². The summed E-state index contributed by atoms with van der Waals surface area (Å²) in [5.41, 5.74) is 3.56. The minimum atomic E-state index is -3.27. The topological polar surface area (TPSA) is 84.9 Å². The molecule has 2 aromatic carbocycles. The van der Waals surface area contributed by atoms with Crippen molar-refractivity contribution in [2.45, 2.75) is 42.4 Å². The smallest absolute Gasteiger partial charge is 0.321 e. The third-order valence-electron chi connectivity index (χ3n) is 6.06. The van der Waals surface area contributed by atoms with E-state index in [1.165, 1.54) is 0 Å². The van der Waals surface area contributed by atoms with E-state index in [1.54, 1.807) is 50.4 Å². The van der Waals surface area contributed by atoms with Crippen molar-refractivity contribution >= 4 is 21.4 Å². The van der Waals surface area contributed by atoms with Crippen LogP contribution < -0.4 is 14.8 Å². The van der Waals surface area contributed by atoms with E-state index in [0.717, 1.165) is 35.1 Å². The summed E-state index contributed by atoms with van der Waals surface area (Å²) in [6, 6.07) is 10.5. The number of carbonyl (C=O) groups excluding carboxylic acids is 1. The van der Waals surface area contributed by atoms with E-state index in [0.29, 0.717) is 22.8 Å². The highest BCUT2D eigenvalue weighted by Gasteiger charge is 2.37. The Balaban J connectivity index is 1.86. The zero-order chi connectivity index (χ0) is 23.0. The first-order chi connectivity index (χ1) is 15.3. The van der Waals surface area contributed by atoms with Crippen LogP contribution in [0.3, 0.4) is 0 Å². The number of urea groups is 1. The van der Waals surface area contributed by atoms with E-state index < -0.39 is 9.84 Å². The highest BCUT2D eigenvalue weighted by Crippen LogP contribution is 2.40. The Labute approximate surface area is 188 Å². The molecule has 2 amide bonds. The fourth-order valence-electron chi connectivity index (χ4n) is 4.11. The Morgan fingerprint density at radius 2 is 1.69 bits per heavy atom. The number of amides is 2. The van der Waals surface area contributed by atoms with Gasteiger partial charge in [-0.1, -0.05) is 12.1 Å². The maximum atomic E-state index is 12.6. The molecular weight excluding hydrogens is 428 g/mol. The number of benzene rings is 2. The molecule has 0 radical (unpaired) electrons. The van der Waals surface area contributed by atoms with Gasteiger partial charge in [-0.3, -0.25) is 4.90 Å². The summed E-state index contributed by atoms with van der Waals surface area (Å²) in [4.78, 5) is 14.6. The number of fused-ring (bicyclic) bond motifs is 1. The van der Waals surface area contributed by atoms with Crippen molar-refractivity contribution in [1.82, 2.24) is 10.2 Å². The minimum Gasteiger partial charge on any atom is -0.493 e. The number of hydrogen-bond acceptors (Lipinski definition) is 5. The number of sulfone groups is 1. The molecule has 2 aromatic rings. The number of carbonyl (C=O) groups is 1. The average Bonchev–Trinajstić information content (AvgIpc) is 3.66. The molecule has 1 atom stereocenters. The van der Waals surface area contributed by atoms with E-state index in [2.05, 4.69) is 5.32 Å². The molecule has 0 saturated heterocycles. The molecule has 4 rings (SSSR count). The lowest BCUT2D eigenvalue weighted by Crippen LogP contribution is -2.40. The summed E-state index contributed by atoms with van der Waals surface area (Å²) >= 11 is 0. The van der Waals surface area contributed by atoms with Crippen LogP contribution in [0.4, 0.5) is 4.79 Å². The van der Waals surface area contributed by atoms with Crippen molar-refractivity contribution in [3.63, 3.8) is 0 Å². The van der Waals surface area contributed by atoms with Crippen LogP contribution in [-0.4, -0.2) is 51.9 Å². The van der Waals surface area contributed by atoms with E-state index in [1.807, 2.05) is 25.3 Å². The zero-order valence-corrected chi connectivity index (χ0v) is 19.5. The molecule has 170 valence electrons. The Hall–Kier alpha value is -3.00. The molecule has 0 spiro atoms. The molecule has 1 heterocycles. The summed E-state index contributed by atoms with van der Waals surface area (Å²) in [5, 5.41) is 2.44. The number of ether oxygens (including phenoxy) is 2. The molecule has 1 unspecified atom stereocenters. The molecule has 1 aliphatic carbocycles. The predicted octanol–water partition coefficient (Wildman–Crippen LogP) is 3.62. The molecule has 0 aromatic heterocycles. The normalized spacial score (nSPS) is 18.3. The lowest BCUT2D eigenvalue weighted by atomic mass is 9.92. The second-order valence-corrected chi connectivity index (χ2v) is 10.4. The van der Waals surface area contributed by atoms with Gasteiger partial charge in [0.2, 0.25) is 0 Å². The van der Waals surface area contributed by atoms with E-state index in [4.69, 9.17) is 9.47 Å². The first kappa shape index (κ1) is 22.2. The highest BCUT2D eigenvalue weighted by molar-refractivity contribution is 7.92. The average molecular weight is 457 g/mol. The maximum Gasteiger partial charge on any atom is 0.321 e. The Morgan fingerprint density at radius 3 is 2.25 bits per heavy atom. The second-order valence-electron chi connectivity index (χ2n) is 8.19. The van der Waals surface area contributed by atoms with E-state index >= 15 is 0 Å². The lowest BCUT2D eigenvalue weighted by Gasteiger charge is -2.24. The number of hydrogen-bond donors (Lipinski definition) is 1. The second kappa shape index (κ2) is 8.50. The van der Waals surface area contributed by atoms with Crippen molar-refractivity contribution in [1.29, 1.82) is 0 Å². The van der Waals surface area contributed by atoms with Crippen LogP contribution in [0.15, 0.2) is 47.5 Å². The SMILES string of the molecule is CNC(=O)N1C=C(c2ccc(S(=O)(=O)C3CC3)cc2)c2cc(OC)c(OC)cc2CC1C. The lowest BCUT2D eigenvalue weighted by molar-refractivity contribution is 0.205. The third kappa shape index (κ3) is 3.95. The van der Waals surface area contributed by atoms with Crippen LogP contribution in [0.5, 0.6) is 11.5 Å². The number of rotatable bonds is 5. The number of nitrogens with one attached hydrogen (secondary N) is 1. The van der Waals surface area contributed by atoms with E-state index in [9.17, 15) is 13.2 Å². The van der Waals surface area contributed by atoms with Crippen LogP contribution in [0.25, 0.3) is 5.57 Å². The molecule has 1 saturated carbocycles. The summed E-state index contributed by atoms with van der Waals surface area (Å²) in [7, 11) is 1.51. The Kier molecular flexibility index (Phi) is 5.90. The number of nitrogens with zero attached hydrogens (tertiary/aromatic N) is 1. The quantitative estimate of drug-likeness (QED) is 0.743. The predicted molar refractivity (Wildman–Crippen MR) is 123 cm³/mol. The van der Waals surface area contributed by atoms with Gasteiger partial charge in [0.05, 0.1) is 24.4 Å². The monoisotopic (exact) mass is 456 g/mol. The van der Waals surface area contributed by atoms with Gasteiger partial charge < -0.3 is 14.8 Å². The summed E-state index contributed by atoms with van der Waals surface area (Å²) in [6.45, 7) is 1.99. The first-order valence-corrected chi connectivity index (χ1v) is 12.2. The molecule has 0 bridgehead atoms. The van der Waals surface area contributed by atoms with Crippen molar-refractivity contribution in [3.05, 3.63) is 59.3 Å². The van der Waals surface area contributed by atoms with Gasteiger partial charge in [0.15, 0.2) is 21.3 Å². The zero-order valence-electron chi connectivity index (χ0n) is 18.7. The van der Waals surface area contributed by atoms with Gasteiger partial charge in [-0.2, -0.15) is 0 Å². The summed E-state index contributed by atoms with van der Waals surface area (Å²) in [6.07, 6.45) is 3.90. The van der Waals surface area contributed by atoms with Crippen molar-refractivity contribution in [2.75, 3.05) is 21.3 Å². The standard InChI is InChI=1S/C24H28N2O5S/c1-15-11-17-12-22(30-3)23(31-4)13-20(17)21(14-26(15)24(27)25-2)16-5-7-18(8-6-16)32(28,29)19-9-10-19/h5-8,12-15,19H,9-11H2,1-4H3,(H,25,27). The van der Waals surface area contributed by atoms with Crippen LogP contribution in [-0.2, 0) is 16.3 Å². The van der Waals surface area contributed by atoms with Gasteiger partial charge in [0.25, 0.3) is 0 Å². The van der Waals surface area contributed by atoms with Gasteiger partial charge in [-0.15, -0.1) is 0 Å². The molecule has 1 N–H and O–H groups in total. The van der Waals surface area contributed by atoms with Gasteiger partial charge in [0.1, 0.15) is 0 Å². The van der Waals surface area contributed by atoms with Crippen LogP contribution >= 0.6 is 0 Å². The third-order valence-corrected chi connectivity index (χ3v) is 8.34. The largest absolute Gasteiger partial charge is 0.493 e. The Bertz CT molecular complexity index is 1170. The summed E-state index contributed by atoms with van der Waals surface area (Å²) < 4.78 is 36.2. The number of methoxy groups -OCH3 is 2. The molecule has 1 aliphatic heterocycles. The highest BCUT2D eigenvalue weighted by atomic mass is 32.2. The molecule has 8 heteroatoms. The fraction of sp³-hybridized carbons (Fsp3) is 0.375. The van der Waals surface area contributed by atoms with Crippen LogP contribution in [0, 0.1) is 0 Å². The van der Waals surface area contributed by atoms with E-state index in [-0.39, 0.29) is 17.3 Å². The molecule has 1 fully saturated rings. The fourth-order valence-corrected chi connectivity index (χ4v) is 5.76.